The highest BCUT2D eigenvalue weighted by Gasteiger charge is 2.41. The monoisotopic (exact) mass is 382 g/mol. The van der Waals surface area contributed by atoms with Gasteiger partial charge in [-0.15, -0.1) is 0 Å². The fourth-order valence-corrected chi connectivity index (χ4v) is 4.63. The van der Waals surface area contributed by atoms with Crippen LogP contribution < -0.4 is 15.5 Å². The number of rotatable bonds is 2. The zero-order valence-corrected chi connectivity index (χ0v) is 15.6. The molecule has 1 amide bonds. The average Bonchev–Trinajstić information content (AvgIpc) is 2.98. The molecule has 5 nitrogen and oxygen atoms in total. The summed E-state index contributed by atoms with van der Waals surface area (Å²) in [6.07, 6.45) is 1.67. The minimum absolute atomic E-state index is 0.00621. The van der Waals surface area contributed by atoms with Gasteiger partial charge in [-0.3, -0.25) is 4.79 Å². The van der Waals surface area contributed by atoms with E-state index in [1.54, 1.807) is 4.90 Å². The van der Waals surface area contributed by atoms with Crippen LogP contribution in [0.2, 0.25) is 0 Å². The quantitative estimate of drug-likeness (QED) is 0.769. The molecule has 0 aromatic heterocycles. The first-order valence-corrected chi connectivity index (χ1v) is 9.60. The number of carbonyl (C=O) groups excluding carboxylic acids is 1. The van der Waals surface area contributed by atoms with Crippen molar-refractivity contribution < 1.29 is 18.0 Å². The van der Waals surface area contributed by atoms with Crippen LogP contribution in [-0.2, 0) is 6.54 Å². The number of halogens is 3. The first-order chi connectivity index (χ1) is 12.9. The highest BCUT2D eigenvalue weighted by atomic mass is 19.2. The molecule has 8 heteroatoms. The summed E-state index contributed by atoms with van der Waals surface area (Å²) >= 11 is 0. The van der Waals surface area contributed by atoms with E-state index in [0.717, 1.165) is 19.4 Å². The van der Waals surface area contributed by atoms with Crippen LogP contribution >= 0.6 is 0 Å². The smallest absolute Gasteiger partial charge is 0.258 e. The summed E-state index contributed by atoms with van der Waals surface area (Å²) in [5.41, 5.74) is -0.795. The van der Waals surface area contributed by atoms with Gasteiger partial charge in [0.2, 0.25) is 0 Å². The molecule has 4 rings (SSSR count). The summed E-state index contributed by atoms with van der Waals surface area (Å²) in [5, 5.41) is 6.49. The van der Waals surface area contributed by atoms with E-state index in [9.17, 15) is 13.6 Å². The van der Waals surface area contributed by atoms with Crippen LogP contribution in [0.3, 0.4) is 0 Å². The summed E-state index contributed by atoms with van der Waals surface area (Å²) < 4.78 is 45.0. The Kier molecular flexibility index (Phi) is 4.80. The lowest BCUT2D eigenvalue weighted by atomic mass is 10.0. The minimum atomic E-state index is -1.26. The van der Waals surface area contributed by atoms with Crippen molar-refractivity contribution in [2.45, 2.75) is 51.4 Å². The fraction of sp³-hybridized carbons (Fsp3) is 0.632. The van der Waals surface area contributed by atoms with Crippen LogP contribution in [0.5, 0.6) is 0 Å². The summed E-state index contributed by atoms with van der Waals surface area (Å²) in [6, 6.07) is -0.0752. The van der Waals surface area contributed by atoms with E-state index in [4.69, 9.17) is 0 Å². The van der Waals surface area contributed by atoms with E-state index in [2.05, 4.69) is 10.6 Å². The topological polar surface area (TPSA) is 47.6 Å². The molecule has 1 aromatic rings. The van der Waals surface area contributed by atoms with Crippen LogP contribution in [0.15, 0.2) is 0 Å². The third kappa shape index (κ3) is 3.08. The van der Waals surface area contributed by atoms with Gasteiger partial charge < -0.3 is 20.4 Å². The Hall–Kier alpha value is -1.80. The molecule has 1 aromatic carbocycles. The highest BCUT2D eigenvalue weighted by Crippen LogP contribution is 2.38. The van der Waals surface area contributed by atoms with Crippen LogP contribution in [0, 0.1) is 17.5 Å². The molecule has 3 unspecified atom stereocenters. The molecule has 2 saturated heterocycles. The van der Waals surface area contributed by atoms with Gasteiger partial charge in [0.05, 0.1) is 12.1 Å². The second-order valence-corrected chi connectivity index (χ2v) is 7.95. The average molecular weight is 382 g/mol. The molecule has 3 atom stereocenters. The van der Waals surface area contributed by atoms with E-state index in [1.807, 2.05) is 13.8 Å². The molecule has 2 fully saturated rings. The Morgan fingerprint density at radius 3 is 2.37 bits per heavy atom. The minimum Gasteiger partial charge on any atom is -0.364 e. The molecular weight excluding hydrogens is 357 g/mol. The molecule has 0 bridgehead atoms. The van der Waals surface area contributed by atoms with Gasteiger partial charge in [0.1, 0.15) is 5.69 Å². The fourth-order valence-electron chi connectivity index (χ4n) is 4.63. The van der Waals surface area contributed by atoms with Gasteiger partial charge in [-0.1, -0.05) is 0 Å². The van der Waals surface area contributed by atoms with Crippen molar-refractivity contribution in [3.8, 4) is 0 Å². The standard InChI is InChI=1S/C19H25F3N4O/c1-10-7-25(8-11(2)24-10)18-15(20)13-9-26(12-4-3-5-23-6-12)19(27)14(13)16(21)17(18)22/h10-12,23-24H,3-9H2,1-2H3. The number of piperazine rings is 1. The van der Waals surface area contributed by atoms with Crippen LogP contribution in [0.4, 0.5) is 18.9 Å². The molecule has 0 saturated carbocycles. The lowest BCUT2D eigenvalue weighted by molar-refractivity contribution is 0.0670. The molecule has 27 heavy (non-hydrogen) atoms. The predicted molar refractivity (Wildman–Crippen MR) is 96.4 cm³/mol. The number of nitrogens with zero attached hydrogens (tertiary/aromatic N) is 2. The third-order valence-electron chi connectivity index (χ3n) is 5.78. The van der Waals surface area contributed by atoms with E-state index >= 15 is 4.39 Å². The Labute approximate surface area is 156 Å². The number of carbonyl (C=O) groups is 1. The Morgan fingerprint density at radius 1 is 1.04 bits per heavy atom. The van der Waals surface area contributed by atoms with E-state index < -0.39 is 28.9 Å². The Morgan fingerprint density at radius 2 is 1.74 bits per heavy atom. The van der Waals surface area contributed by atoms with Crippen LogP contribution in [0.1, 0.15) is 42.6 Å². The Bertz CT molecular complexity index is 756. The summed E-state index contributed by atoms with van der Waals surface area (Å²) in [4.78, 5) is 15.7. The van der Waals surface area contributed by atoms with Gasteiger partial charge in [-0.25, -0.2) is 13.2 Å². The molecule has 0 radical (unpaired) electrons. The van der Waals surface area contributed by atoms with E-state index in [1.165, 1.54) is 4.90 Å². The lowest BCUT2D eigenvalue weighted by Gasteiger charge is -2.38. The van der Waals surface area contributed by atoms with E-state index in [-0.39, 0.29) is 35.9 Å². The number of piperidine rings is 1. The van der Waals surface area contributed by atoms with Crippen LogP contribution in [0.25, 0.3) is 0 Å². The normalized spacial score (nSPS) is 28.6. The number of hydrogen-bond acceptors (Lipinski definition) is 4. The second-order valence-electron chi connectivity index (χ2n) is 7.95. The summed E-state index contributed by atoms with van der Waals surface area (Å²) in [5.74, 6) is -3.89. The maximum Gasteiger partial charge on any atom is 0.258 e. The second kappa shape index (κ2) is 6.98. The van der Waals surface area contributed by atoms with Gasteiger partial charge in [0, 0.05) is 43.3 Å². The number of fused-ring (bicyclic) bond motifs is 1. The number of amides is 1. The number of hydrogen-bond donors (Lipinski definition) is 2. The van der Waals surface area contributed by atoms with Crippen molar-refractivity contribution in [1.29, 1.82) is 0 Å². The highest BCUT2D eigenvalue weighted by molar-refractivity contribution is 5.99. The molecular formula is C19H25F3N4O. The zero-order chi connectivity index (χ0) is 19.3. The van der Waals surface area contributed by atoms with Crippen molar-refractivity contribution in [1.82, 2.24) is 15.5 Å². The molecule has 0 aliphatic carbocycles. The first kappa shape index (κ1) is 18.6. The molecule has 3 aliphatic heterocycles. The lowest BCUT2D eigenvalue weighted by Crippen LogP contribution is -2.54. The predicted octanol–water partition coefficient (Wildman–Crippen LogP) is 2.00. The summed E-state index contributed by atoms with van der Waals surface area (Å²) in [6.45, 7) is 6.04. The van der Waals surface area contributed by atoms with Gasteiger partial charge in [-0.2, -0.15) is 0 Å². The third-order valence-corrected chi connectivity index (χ3v) is 5.78. The molecule has 148 valence electrons. The van der Waals surface area contributed by atoms with Gasteiger partial charge in [0.25, 0.3) is 5.91 Å². The van der Waals surface area contributed by atoms with Crippen molar-refractivity contribution in [2.24, 2.45) is 0 Å². The molecule has 3 aliphatic rings. The maximum atomic E-state index is 15.3. The number of nitrogens with one attached hydrogen (secondary N) is 2. The van der Waals surface area contributed by atoms with Gasteiger partial charge >= 0.3 is 0 Å². The van der Waals surface area contributed by atoms with Crippen molar-refractivity contribution >= 4 is 11.6 Å². The molecule has 2 N–H and O–H groups in total. The zero-order valence-electron chi connectivity index (χ0n) is 15.6. The van der Waals surface area contributed by atoms with Crippen molar-refractivity contribution in [2.75, 3.05) is 31.1 Å². The molecule has 3 heterocycles. The van der Waals surface area contributed by atoms with Gasteiger partial charge in [-0.05, 0) is 33.2 Å². The van der Waals surface area contributed by atoms with E-state index in [0.29, 0.717) is 19.6 Å². The largest absolute Gasteiger partial charge is 0.364 e. The first-order valence-electron chi connectivity index (χ1n) is 9.60. The SMILES string of the molecule is CC1CN(c2c(F)c(F)c3c(c2F)CN(C2CCCNC2)C3=O)CC(C)N1. The van der Waals surface area contributed by atoms with Crippen molar-refractivity contribution in [3.63, 3.8) is 0 Å². The maximum absolute atomic E-state index is 15.3. The summed E-state index contributed by atoms with van der Waals surface area (Å²) in [7, 11) is 0. The number of anilines is 1. The van der Waals surface area contributed by atoms with Crippen molar-refractivity contribution in [3.05, 3.63) is 28.6 Å². The van der Waals surface area contributed by atoms with Crippen LogP contribution in [-0.4, -0.2) is 55.1 Å². The van der Waals surface area contributed by atoms with Gasteiger partial charge in [0.15, 0.2) is 17.5 Å². The Balaban J connectivity index is 1.72. The number of benzene rings is 1. The molecule has 0 spiro atoms.